The van der Waals surface area contributed by atoms with Gasteiger partial charge in [0.25, 0.3) is 0 Å². The number of aliphatic imine (C=N–C) groups is 1. The first-order valence-corrected chi connectivity index (χ1v) is 4.15. The first kappa shape index (κ1) is 10.4. The van der Waals surface area contributed by atoms with Crippen molar-refractivity contribution in [3.05, 3.63) is 29.8 Å². The molecule has 3 nitrogen and oxygen atoms in total. The van der Waals surface area contributed by atoms with Crippen molar-refractivity contribution in [1.29, 1.82) is 0 Å². The van der Waals surface area contributed by atoms with Gasteiger partial charge in [-0.1, -0.05) is 0 Å². The summed E-state index contributed by atoms with van der Waals surface area (Å²) in [6, 6.07) is 3.19. The van der Waals surface area contributed by atoms with E-state index >= 15 is 0 Å². The second-order valence-electron chi connectivity index (χ2n) is 2.61. The molecule has 1 aromatic rings. The normalized spacial score (nSPS) is 11.5. The van der Waals surface area contributed by atoms with Crippen molar-refractivity contribution in [1.82, 2.24) is 0 Å². The summed E-state index contributed by atoms with van der Waals surface area (Å²) in [5.74, 6) is -1.21. The van der Waals surface area contributed by atoms with Gasteiger partial charge in [0.15, 0.2) is 5.96 Å². The van der Waals surface area contributed by atoms with Crippen molar-refractivity contribution in [3.8, 4) is 0 Å². The van der Waals surface area contributed by atoms with E-state index in [9.17, 15) is 8.78 Å². The van der Waals surface area contributed by atoms with Crippen molar-refractivity contribution >= 4 is 11.6 Å². The van der Waals surface area contributed by atoms with E-state index in [4.69, 9.17) is 5.73 Å². The van der Waals surface area contributed by atoms with Crippen LogP contribution in [0, 0.1) is 11.6 Å². The van der Waals surface area contributed by atoms with E-state index in [1.165, 1.54) is 6.07 Å². The molecule has 0 aliphatic rings. The molecule has 0 amide bonds. The number of anilines is 1. The van der Waals surface area contributed by atoms with Crippen molar-refractivity contribution in [3.63, 3.8) is 0 Å². The average molecular weight is 199 g/mol. The zero-order valence-electron chi connectivity index (χ0n) is 7.72. The van der Waals surface area contributed by atoms with Crippen LogP contribution in [0.15, 0.2) is 23.2 Å². The Hall–Kier alpha value is -1.65. The standard InChI is InChI=1S/C9H11F2N3/c1-2-13-9(12)14-8-4-3-6(10)5-7(8)11/h3-5H,2H2,1H3,(H3,12,13,14). The lowest BCUT2D eigenvalue weighted by molar-refractivity contribution is 0.586. The molecule has 0 saturated carbocycles. The zero-order chi connectivity index (χ0) is 10.6. The Morgan fingerprint density at radius 2 is 2.21 bits per heavy atom. The predicted molar refractivity (Wildman–Crippen MR) is 52.1 cm³/mol. The molecule has 0 aliphatic carbocycles. The monoisotopic (exact) mass is 199 g/mol. The number of benzene rings is 1. The molecular formula is C9H11F2N3. The van der Waals surface area contributed by atoms with Gasteiger partial charge in [-0.15, -0.1) is 0 Å². The smallest absolute Gasteiger partial charge is 0.193 e. The maximum absolute atomic E-state index is 13.0. The molecule has 0 bridgehead atoms. The maximum atomic E-state index is 13.0. The Labute approximate surface area is 80.6 Å². The van der Waals surface area contributed by atoms with Crippen LogP contribution in [-0.4, -0.2) is 12.5 Å². The minimum Gasteiger partial charge on any atom is -0.370 e. The summed E-state index contributed by atoms with van der Waals surface area (Å²) in [5, 5.41) is 2.52. The average Bonchev–Trinajstić information content (AvgIpc) is 2.10. The summed E-state index contributed by atoms with van der Waals surface area (Å²) in [5.41, 5.74) is 5.51. The van der Waals surface area contributed by atoms with Crippen LogP contribution in [0.5, 0.6) is 0 Å². The number of guanidine groups is 1. The van der Waals surface area contributed by atoms with E-state index in [1.807, 2.05) is 0 Å². The van der Waals surface area contributed by atoms with Gasteiger partial charge < -0.3 is 11.1 Å². The minimum absolute atomic E-state index is 0.109. The van der Waals surface area contributed by atoms with Crippen LogP contribution in [0.3, 0.4) is 0 Å². The number of halogens is 2. The van der Waals surface area contributed by atoms with Gasteiger partial charge in [-0.3, -0.25) is 4.99 Å². The van der Waals surface area contributed by atoms with E-state index in [0.29, 0.717) is 6.54 Å². The Morgan fingerprint density at radius 1 is 1.50 bits per heavy atom. The molecule has 1 rings (SSSR count). The Morgan fingerprint density at radius 3 is 2.79 bits per heavy atom. The molecule has 0 atom stereocenters. The van der Waals surface area contributed by atoms with Crippen LogP contribution in [-0.2, 0) is 0 Å². The molecular weight excluding hydrogens is 188 g/mol. The van der Waals surface area contributed by atoms with Crippen LogP contribution in [0.1, 0.15) is 6.92 Å². The van der Waals surface area contributed by atoms with E-state index < -0.39 is 11.6 Å². The molecule has 0 radical (unpaired) electrons. The molecule has 3 N–H and O–H groups in total. The highest BCUT2D eigenvalue weighted by atomic mass is 19.1. The van der Waals surface area contributed by atoms with Crippen molar-refractivity contribution in [2.75, 3.05) is 11.9 Å². The van der Waals surface area contributed by atoms with Crippen LogP contribution in [0.2, 0.25) is 0 Å². The first-order valence-electron chi connectivity index (χ1n) is 4.15. The molecule has 0 unspecified atom stereocenters. The summed E-state index contributed by atoms with van der Waals surface area (Å²) < 4.78 is 25.5. The van der Waals surface area contributed by atoms with Crippen LogP contribution < -0.4 is 11.1 Å². The summed E-state index contributed by atoms with van der Waals surface area (Å²) in [6.07, 6.45) is 0. The SMILES string of the molecule is CCN=C(N)Nc1ccc(F)cc1F. The van der Waals surface area contributed by atoms with Crippen LogP contribution in [0.4, 0.5) is 14.5 Å². The lowest BCUT2D eigenvalue weighted by atomic mass is 10.3. The van der Waals surface area contributed by atoms with Crippen molar-refractivity contribution in [2.24, 2.45) is 10.7 Å². The zero-order valence-corrected chi connectivity index (χ0v) is 7.72. The van der Waals surface area contributed by atoms with E-state index in [2.05, 4.69) is 10.3 Å². The van der Waals surface area contributed by atoms with Crippen LogP contribution in [0.25, 0.3) is 0 Å². The van der Waals surface area contributed by atoms with Gasteiger partial charge in [-0.25, -0.2) is 8.78 Å². The lowest BCUT2D eigenvalue weighted by Crippen LogP contribution is -2.23. The number of hydrogen-bond donors (Lipinski definition) is 2. The van der Waals surface area contributed by atoms with Gasteiger partial charge in [0, 0.05) is 12.6 Å². The van der Waals surface area contributed by atoms with Gasteiger partial charge in [0.1, 0.15) is 11.6 Å². The van der Waals surface area contributed by atoms with Gasteiger partial charge in [0.2, 0.25) is 0 Å². The summed E-state index contributed by atoms with van der Waals surface area (Å²) in [4.78, 5) is 3.81. The molecule has 76 valence electrons. The fourth-order valence-electron chi connectivity index (χ4n) is 0.939. The second-order valence-corrected chi connectivity index (χ2v) is 2.61. The molecule has 0 spiro atoms. The summed E-state index contributed by atoms with van der Waals surface area (Å²) >= 11 is 0. The Balaban J connectivity index is 2.82. The van der Waals surface area contributed by atoms with Crippen molar-refractivity contribution in [2.45, 2.75) is 6.92 Å². The molecule has 0 fully saturated rings. The molecule has 5 heteroatoms. The quantitative estimate of drug-likeness (QED) is 0.562. The highest BCUT2D eigenvalue weighted by molar-refractivity contribution is 5.92. The van der Waals surface area contributed by atoms with Gasteiger partial charge in [-0.05, 0) is 19.1 Å². The lowest BCUT2D eigenvalue weighted by Gasteiger charge is -2.05. The Kier molecular flexibility index (Phi) is 3.39. The van der Waals surface area contributed by atoms with E-state index in [-0.39, 0.29) is 11.6 Å². The van der Waals surface area contributed by atoms with Crippen molar-refractivity contribution < 1.29 is 8.78 Å². The molecule has 0 aliphatic heterocycles. The number of hydrogen-bond acceptors (Lipinski definition) is 1. The topological polar surface area (TPSA) is 50.4 Å². The van der Waals surface area contributed by atoms with Gasteiger partial charge >= 0.3 is 0 Å². The number of nitrogens with one attached hydrogen (secondary N) is 1. The molecule has 0 heterocycles. The Bertz CT molecular complexity index is 350. The number of nitrogens with zero attached hydrogens (tertiary/aromatic N) is 1. The minimum atomic E-state index is -0.695. The summed E-state index contributed by atoms with van der Waals surface area (Å²) in [7, 11) is 0. The van der Waals surface area contributed by atoms with Crippen LogP contribution >= 0.6 is 0 Å². The number of nitrogens with two attached hydrogens (primary N) is 1. The third-order valence-electron chi connectivity index (χ3n) is 1.52. The number of rotatable bonds is 2. The molecule has 0 saturated heterocycles. The third kappa shape index (κ3) is 2.69. The largest absolute Gasteiger partial charge is 0.370 e. The maximum Gasteiger partial charge on any atom is 0.193 e. The summed E-state index contributed by atoms with van der Waals surface area (Å²) in [6.45, 7) is 2.30. The first-order chi connectivity index (χ1) is 6.63. The highest BCUT2D eigenvalue weighted by Gasteiger charge is 2.03. The molecule has 0 aromatic heterocycles. The van der Waals surface area contributed by atoms with Gasteiger partial charge in [0.05, 0.1) is 5.69 Å². The highest BCUT2D eigenvalue weighted by Crippen LogP contribution is 2.14. The fraction of sp³-hybridized carbons (Fsp3) is 0.222. The molecule has 1 aromatic carbocycles. The fourth-order valence-corrected chi connectivity index (χ4v) is 0.939. The van der Waals surface area contributed by atoms with E-state index in [1.54, 1.807) is 6.92 Å². The molecule has 14 heavy (non-hydrogen) atoms. The second kappa shape index (κ2) is 4.55. The predicted octanol–water partition coefficient (Wildman–Crippen LogP) is 1.71. The van der Waals surface area contributed by atoms with E-state index in [0.717, 1.165) is 12.1 Å². The van der Waals surface area contributed by atoms with Gasteiger partial charge in [-0.2, -0.15) is 0 Å². The third-order valence-corrected chi connectivity index (χ3v) is 1.52.